The van der Waals surface area contributed by atoms with Crippen molar-refractivity contribution >= 4 is 28.8 Å². The molecule has 3 heterocycles. The van der Waals surface area contributed by atoms with Gasteiger partial charge >= 0.3 is 0 Å². The Bertz CT molecular complexity index is 1030. The van der Waals surface area contributed by atoms with Gasteiger partial charge in [-0.3, -0.25) is 4.79 Å². The first-order valence-electron chi connectivity index (χ1n) is 8.83. The van der Waals surface area contributed by atoms with Crippen LogP contribution in [0, 0.1) is 17.6 Å². The van der Waals surface area contributed by atoms with Gasteiger partial charge in [-0.1, -0.05) is 6.07 Å². The number of nitrogens with two attached hydrogens (primary N) is 1. The van der Waals surface area contributed by atoms with Gasteiger partial charge in [-0.25, -0.2) is 13.8 Å². The average Bonchev–Trinajstić information content (AvgIpc) is 3.08. The van der Waals surface area contributed by atoms with Crippen LogP contribution in [0.15, 0.2) is 36.5 Å². The van der Waals surface area contributed by atoms with Crippen LogP contribution in [-0.2, 0) is 0 Å². The van der Waals surface area contributed by atoms with Crippen LogP contribution in [0.5, 0.6) is 5.06 Å². The second kappa shape index (κ2) is 8.10. The maximum absolute atomic E-state index is 14.1. The number of carbonyl (C=O) groups excluding carboxylic acids is 1. The average molecular weight is 417 g/mol. The second-order valence-corrected chi connectivity index (χ2v) is 7.31. The van der Waals surface area contributed by atoms with Crippen LogP contribution >= 0.6 is 11.5 Å². The normalized spacial score (nSPS) is 13.7. The molecule has 7 nitrogen and oxygen atoms in total. The van der Waals surface area contributed by atoms with Crippen molar-refractivity contribution in [2.75, 3.05) is 30.7 Å². The van der Waals surface area contributed by atoms with Gasteiger partial charge in [0.15, 0.2) is 5.69 Å². The number of nitrogens with zero attached hydrogens (tertiary/aromatic N) is 2. The number of aromatic nitrogens is 2. The Kier molecular flexibility index (Phi) is 5.36. The summed E-state index contributed by atoms with van der Waals surface area (Å²) in [6.45, 7) is 2.29. The highest BCUT2D eigenvalue weighted by Crippen LogP contribution is 2.31. The van der Waals surface area contributed by atoms with E-state index in [2.05, 4.69) is 20.0 Å². The molecule has 10 heteroatoms. The van der Waals surface area contributed by atoms with Gasteiger partial charge in [-0.2, -0.15) is 4.37 Å². The van der Waals surface area contributed by atoms with Crippen molar-refractivity contribution < 1.29 is 18.3 Å². The topological polar surface area (TPSA) is 102 Å². The van der Waals surface area contributed by atoms with Crippen molar-refractivity contribution in [2.45, 2.75) is 0 Å². The molecule has 0 radical (unpaired) electrons. The number of ether oxygens (including phenoxy) is 1. The molecule has 4 N–H and O–H groups in total. The maximum atomic E-state index is 14.1. The Morgan fingerprint density at radius 2 is 2.03 bits per heavy atom. The quantitative estimate of drug-likeness (QED) is 0.570. The first kappa shape index (κ1) is 19.2. The molecular formula is C19H17F2N5O2S. The molecule has 1 aromatic carbocycles. The van der Waals surface area contributed by atoms with Crippen LogP contribution in [0.4, 0.5) is 20.2 Å². The molecule has 1 fully saturated rings. The van der Waals surface area contributed by atoms with Crippen LogP contribution < -0.4 is 21.1 Å². The predicted molar refractivity (Wildman–Crippen MR) is 106 cm³/mol. The van der Waals surface area contributed by atoms with Crippen molar-refractivity contribution in [3.05, 3.63) is 53.9 Å². The highest BCUT2D eigenvalue weighted by atomic mass is 32.1. The zero-order chi connectivity index (χ0) is 20.4. The number of nitrogen functional groups attached to an aromatic ring is 1. The summed E-state index contributed by atoms with van der Waals surface area (Å²) in [6.07, 6.45) is 1.47. The number of anilines is 2. The van der Waals surface area contributed by atoms with Crippen LogP contribution in [0.2, 0.25) is 0 Å². The number of hydrogen-bond acceptors (Lipinski definition) is 7. The molecule has 3 aromatic rings. The molecule has 29 heavy (non-hydrogen) atoms. The van der Waals surface area contributed by atoms with Crippen LogP contribution in [-0.4, -0.2) is 35.0 Å². The first-order chi connectivity index (χ1) is 14.0. The summed E-state index contributed by atoms with van der Waals surface area (Å²) in [5, 5.41) is 6.28. The molecule has 0 saturated carbocycles. The Morgan fingerprint density at radius 1 is 1.28 bits per heavy atom. The zero-order valence-corrected chi connectivity index (χ0v) is 15.9. The number of nitrogens with one attached hydrogen (secondary N) is 2. The highest BCUT2D eigenvalue weighted by Gasteiger charge is 2.21. The summed E-state index contributed by atoms with van der Waals surface area (Å²) in [7, 11) is 0. The molecule has 0 unspecified atom stereocenters. The molecule has 0 spiro atoms. The van der Waals surface area contributed by atoms with E-state index < -0.39 is 17.5 Å². The number of rotatable bonds is 6. The third-order valence-electron chi connectivity index (χ3n) is 4.46. The summed E-state index contributed by atoms with van der Waals surface area (Å²) in [6, 6.07) is 6.24. The summed E-state index contributed by atoms with van der Waals surface area (Å²) in [5.41, 5.74) is 5.84. The number of halogens is 2. The Morgan fingerprint density at radius 3 is 2.72 bits per heavy atom. The third-order valence-corrected chi connectivity index (χ3v) is 5.18. The number of carbonyl (C=O) groups is 1. The van der Waals surface area contributed by atoms with Crippen molar-refractivity contribution in [3.63, 3.8) is 0 Å². The lowest BCUT2D eigenvalue weighted by Crippen LogP contribution is -2.45. The van der Waals surface area contributed by atoms with Gasteiger partial charge in [-0.15, -0.1) is 0 Å². The number of pyridine rings is 1. The Labute approximate surface area is 169 Å². The van der Waals surface area contributed by atoms with Crippen molar-refractivity contribution in [1.82, 2.24) is 14.7 Å². The largest absolute Gasteiger partial charge is 0.481 e. The lowest BCUT2D eigenvalue weighted by Gasteiger charge is -2.26. The van der Waals surface area contributed by atoms with E-state index in [1.165, 1.54) is 24.4 Å². The van der Waals surface area contributed by atoms with Gasteiger partial charge < -0.3 is 21.1 Å². The molecule has 0 bridgehead atoms. The smallest absolute Gasteiger partial charge is 0.276 e. The third kappa shape index (κ3) is 4.03. The lowest BCUT2D eigenvalue weighted by molar-refractivity contribution is 0.102. The summed E-state index contributed by atoms with van der Waals surface area (Å²) in [4.78, 5) is 16.8. The van der Waals surface area contributed by atoms with Gasteiger partial charge in [0.2, 0.25) is 5.06 Å². The molecule has 1 aliphatic heterocycles. The SMILES string of the molecule is Nc1ccc(-c2c(F)cccc2F)nc1C(=O)Nc1cnsc1OCC1CNC1. The zero-order valence-electron chi connectivity index (χ0n) is 15.1. The molecule has 1 aliphatic rings. The lowest BCUT2D eigenvalue weighted by atomic mass is 10.1. The summed E-state index contributed by atoms with van der Waals surface area (Å²) >= 11 is 1.11. The number of amides is 1. The maximum Gasteiger partial charge on any atom is 0.276 e. The van der Waals surface area contributed by atoms with E-state index >= 15 is 0 Å². The summed E-state index contributed by atoms with van der Waals surface area (Å²) in [5.74, 6) is -1.77. The second-order valence-electron chi connectivity index (χ2n) is 6.55. The molecule has 0 atom stereocenters. The van der Waals surface area contributed by atoms with Gasteiger partial charge in [0.1, 0.15) is 17.3 Å². The van der Waals surface area contributed by atoms with Crippen LogP contribution in [0.25, 0.3) is 11.3 Å². The highest BCUT2D eigenvalue weighted by molar-refractivity contribution is 7.08. The van der Waals surface area contributed by atoms with E-state index in [0.29, 0.717) is 23.3 Å². The van der Waals surface area contributed by atoms with E-state index in [4.69, 9.17) is 10.5 Å². The molecule has 4 rings (SSSR count). The first-order valence-corrected chi connectivity index (χ1v) is 9.60. The molecular weight excluding hydrogens is 400 g/mol. The predicted octanol–water partition coefficient (Wildman–Crippen LogP) is 2.92. The van der Waals surface area contributed by atoms with Gasteiger partial charge in [-0.05, 0) is 24.3 Å². The van der Waals surface area contributed by atoms with Crippen LogP contribution in [0.3, 0.4) is 0 Å². The molecule has 1 saturated heterocycles. The van der Waals surface area contributed by atoms with Gasteiger partial charge in [0.25, 0.3) is 5.91 Å². The van der Waals surface area contributed by atoms with Crippen LogP contribution in [0.1, 0.15) is 10.5 Å². The Balaban J connectivity index is 1.56. The van der Waals surface area contributed by atoms with E-state index in [0.717, 1.165) is 36.8 Å². The minimum atomic E-state index is -0.781. The van der Waals surface area contributed by atoms with Gasteiger partial charge in [0.05, 0.1) is 29.7 Å². The van der Waals surface area contributed by atoms with Crippen molar-refractivity contribution in [3.8, 4) is 16.3 Å². The van der Waals surface area contributed by atoms with Crippen molar-refractivity contribution in [1.29, 1.82) is 0 Å². The van der Waals surface area contributed by atoms with Crippen molar-refractivity contribution in [2.24, 2.45) is 5.92 Å². The standard InChI is InChI=1S/C19H17F2N5O2S/c20-11-2-1-3-12(21)16(11)14-5-4-13(22)17(25-14)18(27)26-15-8-24-29-19(15)28-9-10-6-23-7-10/h1-5,8,10,23H,6-7,9,22H2,(H,26,27). The van der Waals surface area contributed by atoms with E-state index in [1.54, 1.807) is 0 Å². The summed E-state index contributed by atoms with van der Waals surface area (Å²) < 4.78 is 37.9. The van der Waals surface area contributed by atoms with E-state index in [9.17, 15) is 13.6 Å². The van der Waals surface area contributed by atoms with E-state index in [1.807, 2.05) is 0 Å². The molecule has 0 aliphatic carbocycles. The minimum absolute atomic E-state index is 0.0302. The fourth-order valence-electron chi connectivity index (χ4n) is 2.79. The Hall–Kier alpha value is -3.11. The fourth-order valence-corrected chi connectivity index (χ4v) is 3.37. The number of benzene rings is 1. The van der Waals surface area contributed by atoms with E-state index in [-0.39, 0.29) is 22.6 Å². The molecule has 150 valence electrons. The molecule has 1 amide bonds. The van der Waals surface area contributed by atoms with Gasteiger partial charge in [0, 0.05) is 30.5 Å². The number of hydrogen-bond donors (Lipinski definition) is 3. The monoisotopic (exact) mass is 417 g/mol. The minimum Gasteiger partial charge on any atom is -0.481 e. The fraction of sp³-hybridized carbons (Fsp3) is 0.211. The molecule has 2 aromatic heterocycles.